The molecule has 0 atom stereocenters. The van der Waals surface area contributed by atoms with Crippen molar-refractivity contribution in [3.8, 4) is 5.69 Å². The quantitative estimate of drug-likeness (QED) is 0.394. The molecule has 4 heterocycles. The number of halogens is 2. The van der Waals surface area contributed by atoms with Crippen LogP contribution >= 0.6 is 24.8 Å². The smallest absolute Gasteiger partial charge is 0.278 e. The van der Waals surface area contributed by atoms with Crippen LogP contribution in [-0.4, -0.2) is 30.9 Å². The Morgan fingerprint density at radius 1 is 1.06 bits per heavy atom. The highest BCUT2D eigenvalue weighted by atomic mass is 35.5. The van der Waals surface area contributed by atoms with Crippen molar-refractivity contribution < 1.29 is 0 Å². The summed E-state index contributed by atoms with van der Waals surface area (Å²) < 4.78 is 3.80. The first-order chi connectivity index (χ1) is 16.4. The van der Waals surface area contributed by atoms with Gasteiger partial charge in [0.2, 0.25) is 5.95 Å². The molecule has 1 saturated carbocycles. The lowest BCUT2D eigenvalue weighted by Gasteiger charge is -2.19. The Bertz CT molecular complexity index is 1470. The highest BCUT2D eigenvalue weighted by Gasteiger charge is 2.31. The normalized spacial score (nSPS) is 15.1. The van der Waals surface area contributed by atoms with Crippen molar-refractivity contribution in [3.63, 3.8) is 0 Å². The standard InChI is InChI=1S/C26H29N7O.2ClH/c1-26(2,3)22-13-20(9-11-28-22)32-23-21(24(34)33(32)19-6-7-19)15-29-25(31-23)30-18-5-4-17-14-27-10-8-16(17)12-18;;/h4-5,9,11-13,15,19,27H,6-8,10,14H2,1-3H3,(H,29,30,31);2*1H. The second-order valence-corrected chi connectivity index (χ2v) is 10.3. The first-order valence-electron chi connectivity index (χ1n) is 12.0. The van der Waals surface area contributed by atoms with E-state index in [1.807, 2.05) is 21.6 Å². The van der Waals surface area contributed by atoms with Crippen molar-refractivity contribution in [2.75, 3.05) is 11.9 Å². The van der Waals surface area contributed by atoms with Crippen LogP contribution in [-0.2, 0) is 18.4 Å². The van der Waals surface area contributed by atoms with Crippen molar-refractivity contribution in [2.24, 2.45) is 0 Å². The molecule has 3 aromatic heterocycles. The number of rotatable bonds is 4. The molecule has 6 rings (SSSR count). The number of hydrogen-bond donors (Lipinski definition) is 2. The van der Waals surface area contributed by atoms with Crippen LogP contribution in [0.2, 0.25) is 0 Å². The Balaban J connectivity index is 0.00000152. The summed E-state index contributed by atoms with van der Waals surface area (Å²) in [5.74, 6) is 0.480. The first-order valence-corrected chi connectivity index (χ1v) is 12.0. The number of nitrogens with zero attached hydrogens (tertiary/aromatic N) is 5. The molecule has 0 unspecified atom stereocenters. The zero-order valence-corrected chi connectivity index (χ0v) is 22.2. The van der Waals surface area contributed by atoms with E-state index in [4.69, 9.17) is 4.98 Å². The first kappa shape index (κ1) is 26.1. The lowest BCUT2D eigenvalue weighted by molar-refractivity contribution is 0.549. The third kappa shape index (κ3) is 4.73. The minimum atomic E-state index is -0.104. The molecule has 0 radical (unpaired) electrons. The maximum Gasteiger partial charge on any atom is 0.278 e. The van der Waals surface area contributed by atoms with E-state index in [0.717, 1.165) is 49.4 Å². The molecule has 2 N–H and O–H groups in total. The Morgan fingerprint density at radius 2 is 1.86 bits per heavy atom. The monoisotopic (exact) mass is 527 g/mol. The number of hydrogen-bond acceptors (Lipinski definition) is 6. The van der Waals surface area contributed by atoms with Crippen LogP contribution in [0, 0.1) is 0 Å². The van der Waals surface area contributed by atoms with Crippen LogP contribution in [0.3, 0.4) is 0 Å². The Labute approximate surface area is 222 Å². The zero-order valence-electron chi connectivity index (χ0n) is 20.6. The third-order valence-electron chi connectivity index (χ3n) is 6.62. The molecular formula is C26H31Cl2N7O. The van der Waals surface area contributed by atoms with E-state index < -0.39 is 0 Å². The SMILES string of the molecule is CC(C)(C)c1cc(-n2c3nc(Nc4ccc5c(c4)CCNC5)ncc3c(=O)n2C2CC2)ccn1.Cl.Cl. The van der Waals surface area contributed by atoms with Crippen LogP contribution in [0.25, 0.3) is 16.7 Å². The maximum atomic E-state index is 13.3. The van der Waals surface area contributed by atoms with Gasteiger partial charge in [-0.25, -0.2) is 14.3 Å². The van der Waals surface area contributed by atoms with Crippen molar-refractivity contribution in [3.05, 3.63) is 69.9 Å². The van der Waals surface area contributed by atoms with Gasteiger partial charge >= 0.3 is 0 Å². The molecule has 36 heavy (non-hydrogen) atoms. The fourth-order valence-corrected chi connectivity index (χ4v) is 4.60. The van der Waals surface area contributed by atoms with Gasteiger partial charge < -0.3 is 10.6 Å². The van der Waals surface area contributed by atoms with Gasteiger partial charge in [-0.15, -0.1) is 24.8 Å². The van der Waals surface area contributed by atoms with Crippen molar-refractivity contribution in [2.45, 2.75) is 58.0 Å². The van der Waals surface area contributed by atoms with Gasteiger partial charge in [-0.1, -0.05) is 26.8 Å². The average molecular weight is 528 g/mol. The summed E-state index contributed by atoms with van der Waals surface area (Å²) in [6, 6.07) is 10.6. The van der Waals surface area contributed by atoms with Gasteiger partial charge in [0, 0.05) is 35.7 Å². The van der Waals surface area contributed by atoms with Gasteiger partial charge in [-0.3, -0.25) is 9.78 Å². The number of aromatic nitrogens is 5. The predicted octanol–water partition coefficient (Wildman–Crippen LogP) is 4.84. The molecule has 4 aromatic rings. The zero-order chi connectivity index (χ0) is 23.4. The summed E-state index contributed by atoms with van der Waals surface area (Å²) in [7, 11) is 0. The lowest BCUT2D eigenvalue weighted by atomic mass is 9.91. The van der Waals surface area contributed by atoms with E-state index in [-0.39, 0.29) is 41.8 Å². The number of pyridine rings is 1. The molecule has 0 spiro atoms. The summed E-state index contributed by atoms with van der Waals surface area (Å²) in [5.41, 5.74) is 5.95. The average Bonchev–Trinajstić information content (AvgIpc) is 3.62. The highest BCUT2D eigenvalue weighted by Crippen LogP contribution is 2.36. The van der Waals surface area contributed by atoms with Gasteiger partial charge in [0.05, 0.1) is 11.7 Å². The summed E-state index contributed by atoms with van der Waals surface area (Å²) in [4.78, 5) is 27.2. The van der Waals surface area contributed by atoms with Crippen molar-refractivity contribution in [1.29, 1.82) is 0 Å². The van der Waals surface area contributed by atoms with Crippen molar-refractivity contribution in [1.82, 2.24) is 29.6 Å². The number of benzene rings is 1. The maximum absolute atomic E-state index is 13.3. The van der Waals surface area contributed by atoms with Gasteiger partial charge in [-0.2, -0.15) is 4.98 Å². The van der Waals surface area contributed by atoms with Crippen LogP contribution in [0.5, 0.6) is 0 Å². The predicted molar refractivity (Wildman–Crippen MR) is 148 cm³/mol. The van der Waals surface area contributed by atoms with Gasteiger partial charge in [0.1, 0.15) is 5.39 Å². The largest absolute Gasteiger partial charge is 0.324 e. The van der Waals surface area contributed by atoms with Gasteiger partial charge in [-0.05, 0) is 61.2 Å². The van der Waals surface area contributed by atoms with Gasteiger partial charge in [0.25, 0.3) is 5.56 Å². The van der Waals surface area contributed by atoms with E-state index in [1.165, 1.54) is 11.1 Å². The minimum absolute atomic E-state index is 0. The molecule has 0 bridgehead atoms. The summed E-state index contributed by atoms with van der Waals surface area (Å²) >= 11 is 0. The molecule has 1 aliphatic carbocycles. The van der Waals surface area contributed by atoms with E-state index >= 15 is 0 Å². The van der Waals surface area contributed by atoms with Crippen LogP contribution in [0.15, 0.2) is 47.5 Å². The minimum Gasteiger partial charge on any atom is -0.324 e. The summed E-state index contributed by atoms with van der Waals surface area (Å²) in [6.07, 6.45) is 6.46. The van der Waals surface area contributed by atoms with Crippen LogP contribution < -0.4 is 16.2 Å². The van der Waals surface area contributed by atoms with Gasteiger partial charge in [0.15, 0.2) is 5.65 Å². The molecular weight excluding hydrogens is 497 g/mol. The van der Waals surface area contributed by atoms with E-state index in [1.54, 1.807) is 6.20 Å². The molecule has 190 valence electrons. The molecule has 10 heteroatoms. The number of nitrogens with one attached hydrogen (secondary N) is 2. The fourth-order valence-electron chi connectivity index (χ4n) is 4.60. The molecule has 8 nitrogen and oxygen atoms in total. The summed E-state index contributed by atoms with van der Waals surface area (Å²) in [5, 5.41) is 7.29. The number of fused-ring (bicyclic) bond motifs is 2. The fraction of sp³-hybridized carbons (Fsp3) is 0.385. The second-order valence-electron chi connectivity index (χ2n) is 10.3. The Hall–Kier alpha value is -2.94. The van der Waals surface area contributed by atoms with Crippen LogP contribution in [0.4, 0.5) is 11.6 Å². The molecule has 1 fully saturated rings. The van der Waals surface area contributed by atoms with E-state index in [9.17, 15) is 4.79 Å². The second kappa shape index (κ2) is 9.84. The molecule has 1 aliphatic heterocycles. The van der Waals surface area contributed by atoms with E-state index in [2.05, 4.69) is 65.6 Å². The highest BCUT2D eigenvalue weighted by molar-refractivity contribution is 5.85. The third-order valence-corrected chi connectivity index (χ3v) is 6.62. The van der Waals surface area contributed by atoms with Crippen molar-refractivity contribution >= 4 is 47.5 Å². The Morgan fingerprint density at radius 3 is 2.61 bits per heavy atom. The molecule has 1 aromatic carbocycles. The molecule has 2 aliphatic rings. The topological polar surface area (TPSA) is 89.7 Å². The van der Waals surface area contributed by atoms with E-state index in [0.29, 0.717) is 17.0 Å². The van der Waals surface area contributed by atoms with Crippen LogP contribution in [0.1, 0.15) is 56.5 Å². The molecule has 0 saturated heterocycles. The number of anilines is 2. The summed E-state index contributed by atoms with van der Waals surface area (Å²) in [6.45, 7) is 8.31. The molecule has 0 amide bonds. The Kier molecular flexibility index (Phi) is 7.14. The lowest BCUT2D eigenvalue weighted by Crippen LogP contribution is -2.23.